The van der Waals surface area contributed by atoms with Gasteiger partial charge in [-0.1, -0.05) is 30.3 Å². The summed E-state index contributed by atoms with van der Waals surface area (Å²) in [5.41, 5.74) is 10.1. The molecule has 0 aliphatic rings. The number of carbonyl (C=O) groups is 1. The molecular weight excluding hydrogens is 421 g/mol. The Bertz CT molecular complexity index is 1190. The van der Waals surface area contributed by atoms with Crippen LogP contribution in [-0.4, -0.2) is 23.3 Å². The van der Waals surface area contributed by atoms with Crippen LogP contribution < -0.4 is 16.5 Å². The number of aryl methyl sites for hydroxylation is 1. The van der Waals surface area contributed by atoms with Crippen LogP contribution in [0.2, 0.25) is 0 Å². The molecule has 7 nitrogen and oxygen atoms in total. The molecule has 0 aliphatic heterocycles. The van der Waals surface area contributed by atoms with E-state index in [1.165, 1.54) is 0 Å². The van der Waals surface area contributed by atoms with Gasteiger partial charge in [-0.05, 0) is 36.2 Å². The molecule has 5 N–H and O–H groups in total. The van der Waals surface area contributed by atoms with Gasteiger partial charge in [0.25, 0.3) is 5.91 Å². The number of alkyl halides is 3. The van der Waals surface area contributed by atoms with Gasteiger partial charge in [-0.2, -0.15) is 18.3 Å². The first-order valence-corrected chi connectivity index (χ1v) is 9.33. The third-order valence-corrected chi connectivity index (χ3v) is 4.51. The van der Waals surface area contributed by atoms with Gasteiger partial charge in [-0.15, -0.1) is 0 Å². The molecular formula is C22H19F3N6O. The van der Waals surface area contributed by atoms with E-state index in [-0.39, 0.29) is 5.69 Å². The maximum Gasteiger partial charge on any atom is 0.420 e. The summed E-state index contributed by atoms with van der Waals surface area (Å²) in [7, 11) is 0. The molecule has 0 aliphatic carbocycles. The largest absolute Gasteiger partial charge is 0.420 e. The van der Waals surface area contributed by atoms with Gasteiger partial charge in [-0.25, -0.2) is 4.98 Å². The number of nitrogens with two attached hydrogens (primary N) is 1. The standard InChI is InChI=1S/C22H19F3N6O/c1-13-10-14(17-4-2-3-5-19(17)27)6-7-16(13)21(32)30-15-11-18(22(23,24)25)20(28-12-15)31-29-9-8-26/h2-12,26H,27H2,1H3,(H,28,31)(H,30,32)/b26-8?,29-9-. The molecule has 32 heavy (non-hydrogen) atoms. The summed E-state index contributed by atoms with van der Waals surface area (Å²) in [6.07, 6.45) is -1.88. The van der Waals surface area contributed by atoms with Gasteiger partial charge in [0.2, 0.25) is 0 Å². The fourth-order valence-electron chi connectivity index (χ4n) is 3.02. The number of nitrogens with one attached hydrogen (secondary N) is 3. The van der Waals surface area contributed by atoms with Gasteiger partial charge in [-0.3, -0.25) is 10.2 Å². The molecule has 0 saturated heterocycles. The number of rotatable bonds is 6. The number of hydrazone groups is 1. The van der Waals surface area contributed by atoms with Crippen LogP contribution in [0.1, 0.15) is 21.5 Å². The van der Waals surface area contributed by atoms with E-state index in [1.807, 2.05) is 18.2 Å². The maximum absolute atomic E-state index is 13.4. The summed E-state index contributed by atoms with van der Waals surface area (Å²) >= 11 is 0. The van der Waals surface area contributed by atoms with Crippen LogP contribution in [0.15, 0.2) is 59.8 Å². The Morgan fingerprint density at radius 1 is 1.19 bits per heavy atom. The van der Waals surface area contributed by atoms with Crippen molar-refractivity contribution in [3.8, 4) is 11.1 Å². The number of aromatic nitrogens is 1. The molecule has 3 aromatic rings. The minimum Gasteiger partial charge on any atom is -0.398 e. The number of amides is 1. The third-order valence-electron chi connectivity index (χ3n) is 4.51. The Hall–Kier alpha value is -4.21. The smallest absolute Gasteiger partial charge is 0.398 e. The predicted octanol–water partition coefficient (Wildman–Crippen LogP) is 4.96. The van der Waals surface area contributed by atoms with E-state index in [4.69, 9.17) is 11.1 Å². The second kappa shape index (κ2) is 9.29. The third kappa shape index (κ3) is 5.09. The number of hydrogen-bond acceptors (Lipinski definition) is 6. The zero-order valence-electron chi connectivity index (χ0n) is 16.9. The SMILES string of the molecule is Cc1cc(-c2ccccc2N)ccc1C(=O)Nc1cnc(N/N=C\C=N)c(C(F)(F)F)c1. The van der Waals surface area contributed by atoms with Crippen LogP contribution in [0.25, 0.3) is 11.1 Å². The lowest BCUT2D eigenvalue weighted by Gasteiger charge is -2.14. The summed E-state index contributed by atoms with van der Waals surface area (Å²) in [5, 5.41) is 12.7. The molecule has 1 amide bonds. The number of hydrogen-bond donors (Lipinski definition) is 4. The predicted molar refractivity (Wildman–Crippen MR) is 119 cm³/mol. The van der Waals surface area contributed by atoms with Crippen LogP contribution in [-0.2, 0) is 6.18 Å². The van der Waals surface area contributed by atoms with Crippen LogP contribution in [0.4, 0.5) is 30.4 Å². The van der Waals surface area contributed by atoms with Crippen molar-refractivity contribution in [1.29, 1.82) is 5.41 Å². The molecule has 3 rings (SSSR count). The minimum atomic E-state index is -4.73. The second-order valence-electron chi connectivity index (χ2n) is 6.75. The highest BCUT2D eigenvalue weighted by atomic mass is 19.4. The number of anilines is 3. The highest BCUT2D eigenvalue weighted by Crippen LogP contribution is 2.35. The second-order valence-corrected chi connectivity index (χ2v) is 6.75. The molecule has 0 fully saturated rings. The van der Waals surface area contributed by atoms with E-state index in [9.17, 15) is 18.0 Å². The van der Waals surface area contributed by atoms with Crippen LogP contribution in [0.3, 0.4) is 0 Å². The van der Waals surface area contributed by atoms with Gasteiger partial charge in [0.1, 0.15) is 5.56 Å². The highest BCUT2D eigenvalue weighted by Gasteiger charge is 2.35. The number of halogens is 3. The van der Waals surface area contributed by atoms with E-state index in [1.54, 1.807) is 31.2 Å². The molecule has 0 atom stereocenters. The van der Waals surface area contributed by atoms with E-state index in [0.29, 0.717) is 16.8 Å². The lowest BCUT2D eigenvalue weighted by molar-refractivity contribution is -0.137. The number of nitrogen functional groups attached to an aromatic ring is 1. The van der Waals surface area contributed by atoms with Crippen molar-refractivity contribution >= 4 is 35.5 Å². The summed E-state index contributed by atoms with van der Waals surface area (Å²) in [6.45, 7) is 1.73. The molecule has 1 heterocycles. The van der Waals surface area contributed by atoms with E-state index < -0.39 is 23.5 Å². The zero-order chi connectivity index (χ0) is 23.3. The van der Waals surface area contributed by atoms with Crippen LogP contribution in [0, 0.1) is 12.3 Å². The van der Waals surface area contributed by atoms with Crippen molar-refractivity contribution in [2.45, 2.75) is 13.1 Å². The zero-order valence-corrected chi connectivity index (χ0v) is 16.9. The maximum atomic E-state index is 13.4. The molecule has 164 valence electrons. The number of carbonyl (C=O) groups excluding carboxylic acids is 1. The van der Waals surface area contributed by atoms with Crippen LogP contribution in [0.5, 0.6) is 0 Å². The molecule has 0 spiro atoms. The Morgan fingerprint density at radius 3 is 2.59 bits per heavy atom. The first-order chi connectivity index (χ1) is 15.2. The van der Waals surface area contributed by atoms with Gasteiger partial charge in [0, 0.05) is 23.0 Å². The van der Waals surface area contributed by atoms with Crippen molar-refractivity contribution in [3.63, 3.8) is 0 Å². The van der Waals surface area contributed by atoms with E-state index in [2.05, 4.69) is 20.8 Å². The van der Waals surface area contributed by atoms with Crippen molar-refractivity contribution < 1.29 is 18.0 Å². The van der Waals surface area contributed by atoms with Crippen LogP contribution >= 0.6 is 0 Å². The van der Waals surface area contributed by atoms with Crippen molar-refractivity contribution in [1.82, 2.24) is 4.98 Å². The molecule has 0 bridgehead atoms. The Kier molecular flexibility index (Phi) is 6.53. The van der Waals surface area contributed by atoms with E-state index >= 15 is 0 Å². The number of pyridine rings is 1. The molecule has 0 unspecified atom stereocenters. The monoisotopic (exact) mass is 440 g/mol. The first kappa shape index (κ1) is 22.5. The number of benzene rings is 2. The number of para-hydroxylation sites is 1. The Morgan fingerprint density at radius 2 is 1.94 bits per heavy atom. The average Bonchev–Trinajstić information content (AvgIpc) is 2.74. The molecule has 2 aromatic carbocycles. The minimum absolute atomic E-state index is 0.125. The number of nitrogens with zero attached hydrogens (tertiary/aromatic N) is 2. The highest BCUT2D eigenvalue weighted by molar-refractivity contribution is 6.14. The Balaban J connectivity index is 1.86. The Labute approximate surface area is 181 Å². The van der Waals surface area contributed by atoms with Crippen molar-refractivity contribution in [2.24, 2.45) is 5.10 Å². The topological polar surface area (TPSA) is 116 Å². The fourth-order valence-corrected chi connectivity index (χ4v) is 3.02. The average molecular weight is 440 g/mol. The van der Waals surface area contributed by atoms with Crippen molar-refractivity contribution in [3.05, 3.63) is 71.4 Å². The molecule has 0 radical (unpaired) electrons. The van der Waals surface area contributed by atoms with Gasteiger partial charge < -0.3 is 16.5 Å². The summed E-state index contributed by atoms with van der Waals surface area (Å²) in [4.78, 5) is 16.4. The van der Waals surface area contributed by atoms with Gasteiger partial charge >= 0.3 is 6.18 Å². The summed E-state index contributed by atoms with van der Waals surface area (Å²) < 4.78 is 40.2. The summed E-state index contributed by atoms with van der Waals surface area (Å²) in [5.74, 6) is -1.12. The first-order valence-electron chi connectivity index (χ1n) is 9.33. The van der Waals surface area contributed by atoms with Gasteiger partial charge in [0.05, 0.1) is 18.1 Å². The van der Waals surface area contributed by atoms with E-state index in [0.717, 1.165) is 35.8 Å². The summed E-state index contributed by atoms with van der Waals surface area (Å²) in [6, 6.07) is 13.2. The lowest BCUT2D eigenvalue weighted by atomic mass is 9.98. The quantitative estimate of drug-likeness (QED) is 0.246. The molecule has 0 saturated carbocycles. The lowest BCUT2D eigenvalue weighted by Crippen LogP contribution is -2.16. The normalized spacial score (nSPS) is 11.4. The molecule has 1 aromatic heterocycles. The fraction of sp³-hybridized carbons (Fsp3) is 0.0909. The molecule has 10 heteroatoms. The van der Waals surface area contributed by atoms with Crippen molar-refractivity contribution in [2.75, 3.05) is 16.5 Å². The van der Waals surface area contributed by atoms with Gasteiger partial charge in [0.15, 0.2) is 5.82 Å².